The first-order valence-electron chi connectivity index (χ1n) is 16.0. The van der Waals surface area contributed by atoms with Crippen LogP contribution in [-0.4, -0.2) is 83.2 Å². The summed E-state index contributed by atoms with van der Waals surface area (Å²) >= 11 is 0. The highest BCUT2D eigenvalue weighted by Crippen LogP contribution is 2.39. The minimum absolute atomic E-state index is 0.0631. The lowest BCUT2D eigenvalue weighted by Crippen LogP contribution is -2.41. The van der Waals surface area contributed by atoms with E-state index in [0.29, 0.717) is 0 Å². The van der Waals surface area contributed by atoms with Crippen LogP contribution in [0.15, 0.2) is 66.0 Å². The summed E-state index contributed by atoms with van der Waals surface area (Å²) in [5.74, 6) is -5.18. The molecular weight excluding hydrogens is 715 g/mol. The highest BCUT2D eigenvalue weighted by Gasteiger charge is 2.48. The molecule has 0 radical (unpaired) electrons. The van der Waals surface area contributed by atoms with Crippen molar-refractivity contribution in [3.63, 3.8) is 0 Å². The standard InChI is InChI=1S/C33H37F5N8O5S/c1-30(2,29(47)48)19-45-15-8-14-39-18-32(34,35)22-10-6-5-9-21(22)27-28(46-16-13-25(43-46)51-20-31(3,4)33(36,37)38)40-17-23(41-27)44-52(49,50)26-12-7-11-24(45)42-26/h5-7,9-13,16-17,39H,8,14-15,18-20H2,1-4H3,(H,41,44)(H,47,48). The van der Waals surface area contributed by atoms with Gasteiger partial charge in [0, 0.05) is 36.5 Å². The summed E-state index contributed by atoms with van der Waals surface area (Å²) in [6, 6.07) is 10.9. The maximum atomic E-state index is 16.0. The maximum absolute atomic E-state index is 16.0. The van der Waals surface area contributed by atoms with E-state index in [4.69, 9.17) is 4.74 Å². The maximum Gasteiger partial charge on any atom is 0.397 e. The van der Waals surface area contributed by atoms with Crippen molar-refractivity contribution in [2.24, 2.45) is 10.8 Å². The molecule has 280 valence electrons. The van der Waals surface area contributed by atoms with E-state index in [1.54, 1.807) is 4.90 Å². The van der Waals surface area contributed by atoms with Crippen molar-refractivity contribution in [2.75, 3.05) is 42.4 Å². The second-order valence-corrected chi connectivity index (χ2v) is 15.2. The smallest absolute Gasteiger partial charge is 0.397 e. The lowest BCUT2D eigenvalue weighted by Gasteiger charge is -2.31. The van der Waals surface area contributed by atoms with Crippen LogP contribution in [0.25, 0.3) is 17.1 Å². The number of carboxylic acid groups (broad SMARTS) is 1. The molecule has 5 rings (SSSR count). The van der Waals surface area contributed by atoms with Crippen LogP contribution in [0.3, 0.4) is 0 Å². The molecule has 0 atom stereocenters. The molecule has 1 aliphatic heterocycles. The van der Waals surface area contributed by atoms with Gasteiger partial charge >= 0.3 is 12.1 Å². The average molecular weight is 753 g/mol. The van der Waals surface area contributed by atoms with Gasteiger partial charge in [-0.2, -0.15) is 30.4 Å². The van der Waals surface area contributed by atoms with Crippen LogP contribution in [0.2, 0.25) is 0 Å². The number of carboxylic acids is 1. The Labute approximate surface area is 296 Å². The number of ether oxygens (including phenoxy) is 1. The number of nitrogens with zero attached hydrogens (tertiary/aromatic N) is 6. The zero-order chi connectivity index (χ0) is 38.1. The summed E-state index contributed by atoms with van der Waals surface area (Å²) in [5, 5.41) is 16.2. The van der Waals surface area contributed by atoms with Gasteiger partial charge in [-0.15, -0.1) is 5.10 Å². The molecule has 1 aliphatic rings. The quantitative estimate of drug-likeness (QED) is 0.205. The first kappa shape index (κ1) is 38.3. The lowest BCUT2D eigenvalue weighted by atomic mass is 9.93. The van der Waals surface area contributed by atoms with Crippen molar-refractivity contribution < 1.29 is 45.0 Å². The molecule has 0 unspecified atom stereocenters. The average Bonchev–Trinajstić information content (AvgIpc) is 3.54. The van der Waals surface area contributed by atoms with Gasteiger partial charge in [0.05, 0.1) is 23.6 Å². The van der Waals surface area contributed by atoms with Crippen LogP contribution >= 0.6 is 0 Å². The Balaban J connectivity index is 1.60. The van der Waals surface area contributed by atoms with Crippen molar-refractivity contribution in [3.8, 4) is 23.0 Å². The third-order valence-corrected chi connectivity index (χ3v) is 9.56. The molecule has 13 nitrogen and oxygen atoms in total. The predicted octanol–water partition coefficient (Wildman–Crippen LogP) is 5.49. The number of nitrogens with one attached hydrogen (secondary N) is 2. The molecule has 1 aromatic carbocycles. The van der Waals surface area contributed by atoms with Gasteiger partial charge in [0.25, 0.3) is 15.9 Å². The fourth-order valence-corrected chi connectivity index (χ4v) is 6.05. The minimum Gasteiger partial charge on any atom is -0.481 e. The zero-order valence-electron chi connectivity index (χ0n) is 28.6. The zero-order valence-corrected chi connectivity index (χ0v) is 29.4. The van der Waals surface area contributed by atoms with Crippen molar-refractivity contribution in [1.82, 2.24) is 30.0 Å². The van der Waals surface area contributed by atoms with Crippen LogP contribution in [0, 0.1) is 10.8 Å². The second-order valence-electron chi connectivity index (χ2n) is 13.5. The minimum atomic E-state index is -4.56. The van der Waals surface area contributed by atoms with Crippen LogP contribution in [0.4, 0.5) is 33.6 Å². The Morgan fingerprint density at radius 1 is 1.04 bits per heavy atom. The van der Waals surface area contributed by atoms with E-state index < -0.39 is 62.7 Å². The van der Waals surface area contributed by atoms with Gasteiger partial charge < -0.3 is 20.1 Å². The molecule has 4 heterocycles. The number of rotatable bonds is 7. The number of halogens is 5. The van der Waals surface area contributed by atoms with E-state index >= 15 is 8.78 Å². The third-order valence-electron chi connectivity index (χ3n) is 8.30. The largest absolute Gasteiger partial charge is 0.481 e. The topological polar surface area (TPSA) is 164 Å². The second kappa shape index (κ2) is 14.3. The molecule has 0 amide bonds. The first-order valence-corrected chi connectivity index (χ1v) is 17.5. The van der Waals surface area contributed by atoms with E-state index in [1.807, 2.05) is 0 Å². The van der Waals surface area contributed by atoms with Gasteiger partial charge in [0.15, 0.2) is 16.7 Å². The molecular formula is C33H37F5N8O5S. The summed E-state index contributed by atoms with van der Waals surface area (Å²) in [7, 11) is -4.48. The molecule has 4 bridgehead atoms. The summed E-state index contributed by atoms with van der Waals surface area (Å²) in [6.45, 7) is 3.55. The molecule has 3 aromatic heterocycles. The Morgan fingerprint density at radius 2 is 1.77 bits per heavy atom. The fourth-order valence-electron chi connectivity index (χ4n) is 5.10. The van der Waals surface area contributed by atoms with Crippen LogP contribution in [-0.2, 0) is 20.7 Å². The number of carbonyl (C=O) groups is 1. The van der Waals surface area contributed by atoms with E-state index in [1.165, 1.54) is 68.6 Å². The summed E-state index contributed by atoms with van der Waals surface area (Å²) in [5.41, 5.74) is -4.31. The normalized spacial score (nSPS) is 16.7. The Hall–Kier alpha value is -4.91. The number of hydrogen-bond acceptors (Lipinski definition) is 10. The number of fused-ring (bicyclic) bond motifs is 6. The van der Waals surface area contributed by atoms with E-state index in [-0.39, 0.29) is 60.6 Å². The van der Waals surface area contributed by atoms with Crippen LogP contribution in [0.1, 0.15) is 39.7 Å². The van der Waals surface area contributed by atoms with Crippen LogP contribution < -0.4 is 19.7 Å². The van der Waals surface area contributed by atoms with Crippen molar-refractivity contribution in [2.45, 2.75) is 51.2 Å². The molecule has 0 spiro atoms. The molecule has 0 aliphatic carbocycles. The van der Waals surface area contributed by atoms with Gasteiger partial charge in [-0.05, 0) is 52.8 Å². The van der Waals surface area contributed by atoms with Gasteiger partial charge in [0.2, 0.25) is 5.88 Å². The molecule has 0 saturated heterocycles. The number of pyridine rings is 1. The molecule has 0 fully saturated rings. The van der Waals surface area contributed by atoms with Gasteiger partial charge in [-0.25, -0.2) is 19.6 Å². The Kier molecular flexibility index (Phi) is 10.5. The number of anilines is 2. The predicted molar refractivity (Wildman–Crippen MR) is 180 cm³/mol. The highest BCUT2D eigenvalue weighted by atomic mass is 32.2. The molecule has 19 heteroatoms. The Bertz CT molecular complexity index is 2040. The lowest BCUT2D eigenvalue weighted by molar-refractivity contribution is -0.219. The number of alkyl halides is 5. The SMILES string of the molecule is CC(C)(CN1CCCNCC(F)(F)c2ccccc2-c2nc(cnc2-n2ccc(OCC(C)(C)C(F)(F)F)n2)NS(=O)(=O)c2cccc1n2)C(=O)O. The van der Waals surface area contributed by atoms with E-state index in [2.05, 4.69) is 30.1 Å². The fraction of sp³-hybridized carbons (Fsp3) is 0.424. The Morgan fingerprint density at radius 3 is 2.48 bits per heavy atom. The van der Waals surface area contributed by atoms with Crippen LogP contribution in [0.5, 0.6) is 5.88 Å². The first-order chi connectivity index (χ1) is 24.2. The molecule has 0 saturated carbocycles. The van der Waals surface area contributed by atoms with Gasteiger partial charge in [-0.1, -0.05) is 30.3 Å². The summed E-state index contributed by atoms with van der Waals surface area (Å²) in [4.78, 5) is 26.5. The van der Waals surface area contributed by atoms with Gasteiger partial charge in [0.1, 0.15) is 18.1 Å². The molecule has 3 N–H and O–H groups in total. The van der Waals surface area contributed by atoms with Crippen molar-refractivity contribution >= 4 is 27.6 Å². The van der Waals surface area contributed by atoms with E-state index in [9.17, 15) is 31.5 Å². The number of benzene rings is 1. The summed E-state index contributed by atoms with van der Waals surface area (Å²) in [6.07, 6.45) is -1.98. The third kappa shape index (κ3) is 8.41. The molecule has 4 aromatic rings. The van der Waals surface area contributed by atoms with Crippen molar-refractivity contribution in [3.05, 3.63) is 66.5 Å². The number of aromatic nitrogens is 5. The number of aliphatic carboxylic acids is 1. The number of sulfonamides is 1. The van der Waals surface area contributed by atoms with E-state index in [0.717, 1.165) is 24.7 Å². The monoisotopic (exact) mass is 752 g/mol. The summed E-state index contributed by atoms with van der Waals surface area (Å²) < 4.78 is 108. The highest BCUT2D eigenvalue weighted by molar-refractivity contribution is 7.92. The van der Waals surface area contributed by atoms with Gasteiger partial charge in [-0.3, -0.25) is 9.52 Å². The number of hydrogen-bond donors (Lipinski definition) is 3. The van der Waals surface area contributed by atoms with Crippen molar-refractivity contribution in [1.29, 1.82) is 0 Å². The molecule has 52 heavy (non-hydrogen) atoms.